The van der Waals surface area contributed by atoms with Gasteiger partial charge in [-0.2, -0.15) is 0 Å². The number of likely N-dealkylation sites (tertiary alicyclic amines) is 1. The molecule has 0 N–H and O–H groups in total. The van der Waals surface area contributed by atoms with Gasteiger partial charge < -0.3 is 4.90 Å². The number of fused-ring (bicyclic) bond motifs is 1. The first-order valence-electron chi connectivity index (χ1n) is 8.23. The Morgan fingerprint density at radius 1 is 1.14 bits per heavy atom. The molecule has 3 rings (SSSR count). The monoisotopic (exact) mass is 305 g/mol. The molecule has 0 radical (unpaired) electrons. The Morgan fingerprint density at radius 2 is 1.76 bits per heavy atom. The van der Waals surface area contributed by atoms with Gasteiger partial charge in [-0.15, -0.1) is 0 Å². The lowest BCUT2D eigenvalue weighted by Gasteiger charge is -2.21. The van der Waals surface area contributed by atoms with Crippen LogP contribution in [0, 0.1) is 5.92 Å². The molecule has 1 atom stereocenters. The molecule has 1 saturated heterocycles. The summed E-state index contributed by atoms with van der Waals surface area (Å²) in [5, 5.41) is 0.647. The van der Waals surface area contributed by atoms with Crippen molar-refractivity contribution in [2.75, 3.05) is 19.6 Å². The van der Waals surface area contributed by atoms with Crippen molar-refractivity contribution in [3.63, 3.8) is 0 Å². The molecule has 1 fully saturated rings. The SMILES string of the molecule is CC(CN1CCCC1)C(=O)c1cc2c(cc1Cl)CCCC2. The highest BCUT2D eigenvalue weighted by Gasteiger charge is 2.23. The van der Waals surface area contributed by atoms with Crippen molar-refractivity contribution in [1.29, 1.82) is 0 Å². The van der Waals surface area contributed by atoms with E-state index in [1.54, 1.807) is 0 Å². The number of nitrogens with zero attached hydrogens (tertiary/aromatic N) is 1. The number of carbonyl (C=O) groups excluding carboxylic acids is 1. The van der Waals surface area contributed by atoms with Gasteiger partial charge in [-0.3, -0.25) is 4.79 Å². The third-order valence-corrected chi connectivity index (χ3v) is 5.19. The maximum Gasteiger partial charge on any atom is 0.168 e. The number of aryl methyl sites for hydroxylation is 2. The minimum atomic E-state index is 0.0299. The number of carbonyl (C=O) groups is 1. The van der Waals surface area contributed by atoms with Crippen molar-refractivity contribution in [3.05, 3.63) is 33.8 Å². The van der Waals surface area contributed by atoms with Crippen LogP contribution < -0.4 is 0 Å². The molecule has 2 nitrogen and oxygen atoms in total. The van der Waals surface area contributed by atoms with Crippen LogP contribution in [0.2, 0.25) is 5.02 Å². The molecular formula is C18H24ClNO. The minimum Gasteiger partial charge on any atom is -0.303 e. The van der Waals surface area contributed by atoms with Gasteiger partial charge in [-0.1, -0.05) is 18.5 Å². The fourth-order valence-electron chi connectivity index (χ4n) is 3.65. The first-order valence-corrected chi connectivity index (χ1v) is 8.61. The first-order chi connectivity index (χ1) is 10.1. The Kier molecular flexibility index (Phi) is 4.66. The van der Waals surface area contributed by atoms with E-state index in [2.05, 4.69) is 11.0 Å². The summed E-state index contributed by atoms with van der Waals surface area (Å²) >= 11 is 6.38. The summed E-state index contributed by atoms with van der Waals surface area (Å²) in [4.78, 5) is 15.1. The van der Waals surface area contributed by atoms with Crippen LogP contribution >= 0.6 is 11.6 Å². The summed E-state index contributed by atoms with van der Waals surface area (Å²) in [6, 6.07) is 4.10. The highest BCUT2D eigenvalue weighted by atomic mass is 35.5. The Labute approximate surface area is 132 Å². The number of halogens is 1. The van der Waals surface area contributed by atoms with Gasteiger partial charge in [0.25, 0.3) is 0 Å². The first kappa shape index (κ1) is 15.1. The quantitative estimate of drug-likeness (QED) is 0.779. The van der Waals surface area contributed by atoms with E-state index in [0.717, 1.165) is 38.0 Å². The van der Waals surface area contributed by atoms with Crippen molar-refractivity contribution in [3.8, 4) is 0 Å². The molecule has 21 heavy (non-hydrogen) atoms. The second-order valence-electron chi connectivity index (χ2n) is 6.58. The number of benzene rings is 1. The molecule has 0 amide bonds. The van der Waals surface area contributed by atoms with E-state index in [0.29, 0.717) is 5.02 Å². The molecule has 1 unspecified atom stereocenters. The van der Waals surface area contributed by atoms with Gasteiger partial charge in [0.15, 0.2) is 5.78 Å². The predicted octanol–water partition coefficient (Wildman–Crippen LogP) is 4.13. The van der Waals surface area contributed by atoms with Gasteiger partial charge in [0.05, 0.1) is 5.02 Å². The fourth-order valence-corrected chi connectivity index (χ4v) is 3.92. The highest BCUT2D eigenvalue weighted by Crippen LogP contribution is 2.29. The molecule has 1 heterocycles. The third kappa shape index (κ3) is 3.32. The summed E-state index contributed by atoms with van der Waals surface area (Å²) in [6.45, 7) is 5.17. The molecule has 0 spiro atoms. The van der Waals surface area contributed by atoms with Crippen LogP contribution in [-0.4, -0.2) is 30.3 Å². The zero-order valence-electron chi connectivity index (χ0n) is 12.8. The number of ketones is 1. The van der Waals surface area contributed by atoms with Crippen molar-refractivity contribution < 1.29 is 4.79 Å². The fraction of sp³-hybridized carbons (Fsp3) is 0.611. The smallest absolute Gasteiger partial charge is 0.168 e. The second-order valence-corrected chi connectivity index (χ2v) is 6.99. The third-order valence-electron chi connectivity index (χ3n) is 4.88. The van der Waals surface area contributed by atoms with Crippen LogP contribution in [0.3, 0.4) is 0 Å². The lowest BCUT2D eigenvalue weighted by molar-refractivity contribution is 0.0903. The summed E-state index contributed by atoms with van der Waals surface area (Å²) in [5.74, 6) is 0.238. The van der Waals surface area contributed by atoms with E-state index in [-0.39, 0.29) is 11.7 Å². The van der Waals surface area contributed by atoms with E-state index in [4.69, 9.17) is 11.6 Å². The molecule has 114 valence electrons. The largest absolute Gasteiger partial charge is 0.303 e. The summed E-state index contributed by atoms with van der Waals surface area (Å²) in [6.07, 6.45) is 7.19. The molecule has 1 aliphatic heterocycles. The summed E-state index contributed by atoms with van der Waals surface area (Å²) in [5.41, 5.74) is 3.42. The van der Waals surface area contributed by atoms with Crippen molar-refractivity contribution in [2.45, 2.75) is 45.4 Å². The molecule has 0 aromatic heterocycles. The van der Waals surface area contributed by atoms with Crippen molar-refractivity contribution >= 4 is 17.4 Å². The Morgan fingerprint density at radius 3 is 2.43 bits per heavy atom. The van der Waals surface area contributed by atoms with Gasteiger partial charge in [-0.25, -0.2) is 0 Å². The van der Waals surface area contributed by atoms with Gasteiger partial charge >= 0.3 is 0 Å². The Balaban J connectivity index is 1.76. The zero-order valence-corrected chi connectivity index (χ0v) is 13.6. The molecular weight excluding hydrogens is 282 g/mol. The minimum absolute atomic E-state index is 0.0299. The van der Waals surface area contributed by atoms with E-state index in [1.807, 2.05) is 13.0 Å². The topological polar surface area (TPSA) is 20.3 Å². The van der Waals surface area contributed by atoms with Gasteiger partial charge in [0, 0.05) is 18.0 Å². The van der Waals surface area contributed by atoms with Gasteiger partial charge in [-0.05, 0) is 74.9 Å². The number of rotatable bonds is 4. The predicted molar refractivity (Wildman–Crippen MR) is 87.3 cm³/mol. The Bertz CT molecular complexity index is 534. The molecule has 0 bridgehead atoms. The van der Waals surface area contributed by atoms with Crippen molar-refractivity contribution in [2.24, 2.45) is 5.92 Å². The molecule has 1 aliphatic carbocycles. The standard InChI is InChI=1S/C18H24ClNO/c1-13(12-20-8-4-5-9-20)18(21)16-10-14-6-2-3-7-15(14)11-17(16)19/h10-11,13H,2-9,12H2,1H3. The van der Waals surface area contributed by atoms with Crippen LogP contribution in [0.5, 0.6) is 0 Å². The maximum atomic E-state index is 12.7. The number of hydrogen-bond donors (Lipinski definition) is 0. The van der Waals surface area contributed by atoms with Crippen LogP contribution in [0.15, 0.2) is 12.1 Å². The summed E-state index contributed by atoms with van der Waals surface area (Å²) < 4.78 is 0. The van der Waals surface area contributed by atoms with Gasteiger partial charge in [0.1, 0.15) is 0 Å². The van der Waals surface area contributed by atoms with Crippen molar-refractivity contribution in [1.82, 2.24) is 4.90 Å². The lowest BCUT2D eigenvalue weighted by atomic mass is 9.88. The number of hydrogen-bond acceptors (Lipinski definition) is 2. The average Bonchev–Trinajstić information content (AvgIpc) is 2.98. The van der Waals surface area contributed by atoms with E-state index in [1.165, 1.54) is 36.8 Å². The average molecular weight is 306 g/mol. The highest BCUT2D eigenvalue weighted by molar-refractivity contribution is 6.34. The van der Waals surface area contributed by atoms with E-state index in [9.17, 15) is 4.79 Å². The second kappa shape index (κ2) is 6.50. The van der Waals surface area contributed by atoms with Crippen LogP contribution in [-0.2, 0) is 12.8 Å². The summed E-state index contributed by atoms with van der Waals surface area (Å²) in [7, 11) is 0. The maximum absolute atomic E-state index is 12.7. The van der Waals surface area contributed by atoms with Crippen LogP contribution in [0.1, 0.15) is 54.1 Å². The molecule has 3 heteroatoms. The van der Waals surface area contributed by atoms with Crippen LogP contribution in [0.25, 0.3) is 0 Å². The number of Topliss-reactive ketones (excluding diaryl/α,β-unsaturated/α-hetero) is 1. The molecule has 1 aromatic carbocycles. The van der Waals surface area contributed by atoms with Gasteiger partial charge in [0.2, 0.25) is 0 Å². The normalized spacial score (nSPS) is 20.3. The van der Waals surface area contributed by atoms with Crippen LogP contribution in [0.4, 0.5) is 0 Å². The van der Waals surface area contributed by atoms with E-state index >= 15 is 0 Å². The molecule has 1 aromatic rings. The molecule has 2 aliphatic rings. The van der Waals surface area contributed by atoms with E-state index < -0.39 is 0 Å². The lowest BCUT2D eigenvalue weighted by Crippen LogP contribution is -2.29. The molecule has 0 saturated carbocycles. The Hall–Kier alpha value is -0.860. The zero-order chi connectivity index (χ0) is 14.8.